The Hall–Kier alpha value is -1.94. The highest BCUT2D eigenvalue weighted by molar-refractivity contribution is 7.80. The molecular formula is C16H17NO2S. The minimum atomic E-state index is -0.0757. The van der Waals surface area contributed by atoms with Gasteiger partial charge in [-0.05, 0) is 42.3 Å². The Morgan fingerprint density at radius 2 is 1.85 bits per heavy atom. The van der Waals surface area contributed by atoms with Crippen molar-refractivity contribution >= 4 is 18.5 Å². The van der Waals surface area contributed by atoms with Crippen LogP contribution in [0.2, 0.25) is 0 Å². The molecule has 0 bridgehead atoms. The fourth-order valence-electron chi connectivity index (χ4n) is 1.94. The maximum absolute atomic E-state index is 11.9. The molecule has 1 amide bonds. The zero-order valence-corrected chi connectivity index (χ0v) is 12.2. The van der Waals surface area contributed by atoms with Gasteiger partial charge in [-0.15, -0.1) is 12.6 Å². The molecule has 1 N–H and O–H groups in total. The molecule has 0 spiro atoms. The molecule has 0 fully saturated rings. The number of carbonyl (C=O) groups is 1. The first-order chi connectivity index (χ1) is 9.70. The largest absolute Gasteiger partial charge is 0.496 e. The smallest absolute Gasteiger partial charge is 0.251 e. The molecule has 2 aromatic rings. The highest BCUT2D eigenvalue weighted by atomic mass is 32.1. The predicted octanol–water partition coefficient (Wildman–Crippen LogP) is 2.96. The zero-order chi connectivity index (χ0) is 14.4. The molecule has 0 saturated carbocycles. The van der Waals surface area contributed by atoms with Gasteiger partial charge in [0.2, 0.25) is 0 Å². The van der Waals surface area contributed by atoms with Crippen LogP contribution < -0.4 is 10.1 Å². The SMILES string of the molecule is COc1ccccc1CCNC(=O)c1ccc(S)cc1. The molecular weight excluding hydrogens is 270 g/mol. The van der Waals surface area contributed by atoms with E-state index in [-0.39, 0.29) is 5.91 Å². The average Bonchev–Trinajstić information content (AvgIpc) is 2.48. The lowest BCUT2D eigenvalue weighted by molar-refractivity contribution is 0.0954. The van der Waals surface area contributed by atoms with Gasteiger partial charge in [-0.25, -0.2) is 0 Å². The van der Waals surface area contributed by atoms with Gasteiger partial charge in [0.25, 0.3) is 5.91 Å². The molecule has 0 aliphatic heterocycles. The fourth-order valence-corrected chi connectivity index (χ4v) is 2.08. The van der Waals surface area contributed by atoms with Crippen LogP contribution in [-0.2, 0) is 6.42 Å². The maximum atomic E-state index is 11.9. The third kappa shape index (κ3) is 3.78. The lowest BCUT2D eigenvalue weighted by Gasteiger charge is -2.09. The number of hydrogen-bond acceptors (Lipinski definition) is 3. The number of methoxy groups -OCH3 is 1. The van der Waals surface area contributed by atoms with Crippen LogP contribution in [0.25, 0.3) is 0 Å². The summed E-state index contributed by atoms with van der Waals surface area (Å²) in [6.45, 7) is 0.571. The van der Waals surface area contributed by atoms with Crippen molar-refractivity contribution in [3.63, 3.8) is 0 Å². The first-order valence-electron chi connectivity index (χ1n) is 6.40. The minimum Gasteiger partial charge on any atom is -0.496 e. The molecule has 0 heterocycles. The first kappa shape index (κ1) is 14.5. The number of amides is 1. The Morgan fingerprint density at radius 1 is 1.15 bits per heavy atom. The number of nitrogens with one attached hydrogen (secondary N) is 1. The Kier molecular flexibility index (Phi) is 5.07. The fraction of sp³-hybridized carbons (Fsp3) is 0.188. The topological polar surface area (TPSA) is 38.3 Å². The highest BCUT2D eigenvalue weighted by Crippen LogP contribution is 2.17. The van der Waals surface area contributed by atoms with Gasteiger partial charge < -0.3 is 10.1 Å². The average molecular weight is 287 g/mol. The van der Waals surface area contributed by atoms with E-state index in [0.29, 0.717) is 12.1 Å². The molecule has 0 radical (unpaired) electrons. The summed E-state index contributed by atoms with van der Waals surface area (Å²) < 4.78 is 5.28. The van der Waals surface area contributed by atoms with Crippen LogP contribution in [0.1, 0.15) is 15.9 Å². The first-order valence-corrected chi connectivity index (χ1v) is 6.84. The maximum Gasteiger partial charge on any atom is 0.251 e. The Labute approximate surface area is 124 Å². The van der Waals surface area contributed by atoms with E-state index in [2.05, 4.69) is 17.9 Å². The second-order valence-electron chi connectivity index (χ2n) is 4.36. The molecule has 0 atom stereocenters. The van der Waals surface area contributed by atoms with E-state index >= 15 is 0 Å². The normalized spacial score (nSPS) is 10.1. The summed E-state index contributed by atoms with van der Waals surface area (Å²) in [5, 5.41) is 2.90. The van der Waals surface area contributed by atoms with E-state index in [1.54, 1.807) is 31.4 Å². The summed E-state index contributed by atoms with van der Waals surface area (Å²) in [6.07, 6.45) is 0.737. The van der Waals surface area contributed by atoms with Gasteiger partial charge in [0.15, 0.2) is 0 Å². The van der Waals surface area contributed by atoms with E-state index < -0.39 is 0 Å². The van der Waals surface area contributed by atoms with E-state index in [4.69, 9.17) is 4.74 Å². The molecule has 2 rings (SSSR count). The summed E-state index contributed by atoms with van der Waals surface area (Å²) in [4.78, 5) is 12.8. The van der Waals surface area contributed by atoms with Gasteiger partial charge >= 0.3 is 0 Å². The predicted molar refractivity (Wildman–Crippen MR) is 82.7 cm³/mol. The number of hydrogen-bond donors (Lipinski definition) is 2. The van der Waals surface area contributed by atoms with Gasteiger partial charge in [0.1, 0.15) is 5.75 Å². The molecule has 0 unspecified atom stereocenters. The second-order valence-corrected chi connectivity index (χ2v) is 4.88. The van der Waals surface area contributed by atoms with Crippen molar-refractivity contribution in [3.8, 4) is 5.75 Å². The van der Waals surface area contributed by atoms with Gasteiger partial charge in [-0.2, -0.15) is 0 Å². The minimum absolute atomic E-state index is 0.0757. The lowest BCUT2D eigenvalue weighted by atomic mass is 10.1. The molecule has 0 aliphatic carbocycles. The molecule has 0 aromatic heterocycles. The summed E-state index contributed by atoms with van der Waals surface area (Å²) in [5.74, 6) is 0.773. The van der Waals surface area contributed by atoms with Crippen molar-refractivity contribution in [3.05, 3.63) is 59.7 Å². The monoisotopic (exact) mass is 287 g/mol. The van der Waals surface area contributed by atoms with Gasteiger partial charge in [0.05, 0.1) is 7.11 Å². The summed E-state index contributed by atoms with van der Waals surface area (Å²) in [7, 11) is 1.65. The zero-order valence-electron chi connectivity index (χ0n) is 11.3. The Bertz CT molecular complexity index is 581. The van der Waals surface area contributed by atoms with Crippen molar-refractivity contribution in [1.82, 2.24) is 5.32 Å². The number of rotatable bonds is 5. The third-order valence-electron chi connectivity index (χ3n) is 3.00. The molecule has 4 heteroatoms. The van der Waals surface area contributed by atoms with Crippen molar-refractivity contribution in [1.29, 1.82) is 0 Å². The molecule has 20 heavy (non-hydrogen) atoms. The van der Waals surface area contributed by atoms with Crippen molar-refractivity contribution in [2.45, 2.75) is 11.3 Å². The van der Waals surface area contributed by atoms with E-state index in [1.807, 2.05) is 24.3 Å². The van der Waals surface area contributed by atoms with Gasteiger partial charge in [0, 0.05) is 17.0 Å². The number of thiol groups is 1. The van der Waals surface area contributed by atoms with Crippen LogP contribution >= 0.6 is 12.6 Å². The second kappa shape index (κ2) is 7.01. The van der Waals surface area contributed by atoms with Crippen LogP contribution in [-0.4, -0.2) is 19.6 Å². The summed E-state index contributed by atoms with van der Waals surface area (Å²) in [6, 6.07) is 15.0. The van der Waals surface area contributed by atoms with Crippen molar-refractivity contribution in [2.24, 2.45) is 0 Å². The van der Waals surface area contributed by atoms with Crippen LogP contribution in [0.5, 0.6) is 5.75 Å². The highest BCUT2D eigenvalue weighted by Gasteiger charge is 2.06. The molecule has 104 valence electrons. The molecule has 3 nitrogen and oxygen atoms in total. The van der Waals surface area contributed by atoms with E-state index in [1.165, 1.54) is 0 Å². The van der Waals surface area contributed by atoms with E-state index in [0.717, 1.165) is 22.6 Å². The van der Waals surface area contributed by atoms with Crippen LogP contribution in [0.4, 0.5) is 0 Å². The van der Waals surface area contributed by atoms with Gasteiger partial charge in [-0.3, -0.25) is 4.79 Å². The standard InChI is InChI=1S/C16H17NO2S/c1-19-15-5-3-2-4-12(15)10-11-17-16(18)13-6-8-14(20)9-7-13/h2-9,20H,10-11H2,1H3,(H,17,18). The van der Waals surface area contributed by atoms with Crippen molar-refractivity contribution < 1.29 is 9.53 Å². The number of para-hydroxylation sites is 1. The number of ether oxygens (including phenoxy) is 1. The molecule has 2 aromatic carbocycles. The molecule has 0 saturated heterocycles. The lowest BCUT2D eigenvalue weighted by Crippen LogP contribution is -2.25. The quantitative estimate of drug-likeness (QED) is 0.830. The summed E-state index contributed by atoms with van der Waals surface area (Å²) in [5.41, 5.74) is 1.73. The van der Waals surface area contributed by atoms with Gasteiger partial charge in [-0.1, -0.05) is 18.2 Å². The van der Waals surface area contributed by atoms with Crippen LogP contribution in [0, 0.1) is 0 Å². The molecule has 0 aliphatic rings. The van der Waals surface area contributed by atoms with Crippen LogP contribution in [0.3, 0.4) is 0 Å². The Morgan fingerprint density at radius 3 is 2.55 bits per heavy atom. The third-order valence-corrected chi connectivity index (χ3v) is 3.30. The Balaban J connectivity index is 1.89. The number of benzene rings is 2. The van der Waals surface area contributed by atoms with Crippen LogP contribution in [0.15, 0.2) is 53.4 Å². The van der Waals surface area contributed by atoms with Crippen molar-refractivity contribution in [2.75, 3.05) is 13.7 Å². The van der Waals surface area contributed by atoms with E-state index in [9.17, 15) is 4.79 Å². The summed E-state index contributed by atoms with van der Waals surface area (Å²) >= 11 is 4.19. The number of carbonyl (C=O) groups excluding carboxylic acids is 1.